The van der Waals surface area contributed by atoms with Crippen LogP contribution < -0.4 is 10.5 Å². The first kappa shape index (κ1) is 14.3. The predicted molar refractivity (Wildman–Crippen MR) is 77.4 cm³/mol. The number of rotatable bonds is 5. The average Bonchev–Trinajstić information content (AvgIpc) is 2.79. The molecule has 0 aliphatic rings. The quantitative estimate of drug-likeness (QED) is 0.650. The van der Waals surface area contributed by atoms with Gasteiger partial charge >= 0.3 is 5.97 Å². The molecule has 3 N–H and O–H groups in total. The van der Waals surface area contributed by atoms with E-state index in [9.17, 15) is 4.79 Å². The fourth-order valence-electron chi connectivity index (χ4n) is 1.75. The average molecular weight is 293 g/mol. The van der Waals surface area contributed by atoms with Crippen LogP contribution in [-0.4, -0.2) is 18.2 Å². The van der Waals surface area contributed by atoms with Crippen molar-refractivity contribution in [2.75, 3.05) is 12.8 Å². The molecule has 0 unspecified atom stereocenters. The number of hydrogen-bond acceptors (Lipinski definition) is 5. The van der Waals surface area contributed by atoms with E-state index in [2.05, 4.69) is 0 Å². The van der Waals surface area contributed by atoms with Crippen LogP contribution in [0.3, 0.4) is 0 Å². The molecule has 2 rings (SSSR count). The number of carbonyl (C=O) groups is 1. The molecule has 5 nitrogen and oxygen atoms in total. The second kappa shape index (κ2) is 5.92. The number of ether oxygens (including phenoxy) is 1. The summed E-state index contributed by atoms with van der Waals surface area (Å²) in [4.78, 5) is 11.8. The van der Waals surface area contributed by atoms with E-state index in [-0.39, 0.29) is 5.76 Å². The SMILES string of the molecule is COc1ccc(N)c(SCc2cc(C)c(C(=O)O)o2)c1. The smallest absolute Gasteiger partial charge is 0.372 e. The van der Waals surface area contributed by atoms with Crippen molar-refractivity contribution in [2.45, 2.75) is 17.6 Å². The Balaban J connectivity index is 2.12. The first-order valence-corrected chi connectivity index (χ1v) is 6.88. The third kappa shape index (κ3) is 3.08. The zero-order valence-corrected chi connectivity index (χ0v) is 12.0. The summed E-state index contributed by atoms with van der Waals surface area (Å²) in [5, 5.41) is 8.94. The summed E-state index contributed by atoms with van der Waals surface area (Å²) in [6.45, 7) is 1.71. The highest BCUT2D eigenvalue weighted by Gasteiger charge is 2.14. The number of methoxy groups -OCH3 is 1. The number of aryl methyl sites for hydroxylation is 1. The Labute approximate surface area is 120 Å². The number of aromatic carboxylic acids is 1. The third-order valence-corrected chi connectivity index (χ3v) is 3.85. The third-order valence-electron chi connectivity index (χ3n) is 2.75. The van der Waals surface area contributed by atoms with Crippen molar-refractivity contribution < 1.29 is 19.1 Å². The van der Waals surface area contributed by atoms with Crippen molar-refractivity contribution in [3.05, 3.63) is 41.3 Å². The molecule has 0 saturated heterocycles. The van der Waals surface area contributed by atoms with Gasteiger partial charge in [-0.1, -0.05) is 0 Å². The van der Waals surface area contributed by atoms with Crippen LogP contribution in [0, 0.1) is 6.92 Å². The minimum absolute atomic E-state index is 0.0146. The van der Waals surface area contributed by atoms with Gasteiger partial charge in [-0.15, -0.1) is 11.8 Å². The summed E-state index contributed by atoms with van der Waals surface area (Å²) in [6.07, 6.45) is 0. The zero-order chi connectivity index (χ0) is 14.7. The maximum absolute atomic E-state index is 10.9. The molecule has 20 heavy (non-hydrogen) atoms. The van der Waals surface area contributed by atoms with Gasteiger partial charge in [0, 0.05) is 16.1 Å². The lowest BCUT2D eigenvalue weighted by Gasteiger charge is -2.06. The van der Waals surface area contributed by atoms with E-state index in [1.165, 1.54) is 11.8 Å². The maximum Gasteiger partial charge on any atom is 0.372 e. The Morgan fingerprint density at radius 2 is 2.20 bits per heavy atom. The highest BCUT2D eigenvalue weighted by atomic mass is 32.2. The van der Waals surface area contributed by atoms with Gasteiger partial charge in [0.05, 0.1) is 12.9 Å². The number of furan rings is 1. The van der Waals surface area contributed by atoms with E-state index >= 15 is 0 Å². The molecule has 1 heterocycles. The van der Waals surface area contributed by atoms with Gasteiger partial charge in [0.15, 0.2) is 0 Å². The Bertz CT molecular complexity index is 636. The van der Waals surface area contributed by atoms with Crippen LogP contribution in [0.2, 0.25) is 0 Å². The topological polar surface area (TPSA) is 85.7 Å². The van der Waals surface area contributed by atoms with E-state index in [1.54, 1.807) is 32.2 Å². The number of carboxylic acids is 1. The Kier molecular flexibility index (Phi) is 4.24. The lowest BCUT2D eigenvalue weighted by molar-refractivity contribution is 0.0659. The van der Waals surface area contributed by atoms with Crippen LogP contribution in [0.4, 0.5) is 5.69 Å². The van der Waals surface area contributed by atoms with E-state index < -0.39 is 5.97 Å². The number of anilines is 1. The molecule has 1 aromatic heterocycles. The molecule has 0 spiro atoms. The van der Waals surface area contributed by atoms with E-state index in [0.717, 1.165) is 10.6 Å². The van der Waals surface area contributed by atoms with Crippen LogP contribution in [-0.2, 0) is 5.75 Å². The van der Waals surface area contributed by atoms with Gasteiger partial charge in [-0.3, -0.25) is 0 Å². The first-order valence-electron chi connectivity index (χ1n) is 5.90. The van der Waals surface area contributed by atoms with Crippen molar-refractivity contribution in [3.63, 3.8) is 0 Å². The molecule has 1 aromatic carbocycles. The molecular weight excluding hydrogens is 278 g/mol. The molecule has 106 valence electrons. The summed E-state index contributed by atoms with van der Waals surface area (Å²) in [5.41, 5.74) is 7.16. The van der Waals surface area contributed by atoms with Crippen LogP contribution in [0.15, 0.2) is 33.6 Å². The predicted octanol–water partition coefficient (Wildman–Crippen LogP) is 3.17. The second-order valence-corrected chi connectivity index (χ2v) is 5.24. The molecule has 0 saturated carbocycles. The van der Waals surface area contributed by atoms with E-state index in [4.69, 9.17) is 20.0 Å². The van der Waals surface area contributed by atoms with Crippen molar-refractivity contribution in [2.24, 2.45) is 0 Å². The van der Waals surface area contributed by atoms with Gasteiger partial charge in [0.1, 0.15) is 11.5 Å². The first-order chi connectivity index (χ1) is 9.51. The molecule has 0 amide bonds. The molecule has 2 aromatic rings. The minimum Gasteiger partial charge on any atom is -0.497 e. The summed E-state index contributed by atoms with van der Waals surface area (Å²) in [6, 6.07) is 7.14. The number of nitrogen functional groups attached to an aromatic ring is 1. The van der Waals surface area contributed by atoms with Gasteiger partial charge in [-0.05, 0) is 31.2 Å². The summed E-state index contributed by atoms with van der Waals surface area (Å²) in [5.74, 6) is 0.764. The molecule has 0 fully saturated rings. The van der Waals surface area contributed by atoms with Gasteiger partial charge < -0.3 is 20.0 Å². The molecule has 0 bridgehead atoms. The standard InChI is InChI=1S/C14H15NO4S/c1-8-5-10(19-13(8)14(16)17)7-20-12-6-9(18-2)3-4-11(12)15/h3-6H,7,15H2,1-2H3,(H,16,17). The van der Waals surface area contributed by atoms with Gasteiger partial charge in [-0.25, -0.2) is 4.79 Å². The Morgan fingerprint density at radius 3 is 2.80 bits per heavy atom. The van der Waals surface area contributed by atoms with Crippen LogP contribution in [0.25, 0.3) is 0 Å². The van der Waals surface area contributed by atoms with Crippen LogP contribution >= 0.6 is 11.8 Å². The number of benzene rings is 1. The molecule has 0 aliphatic heterocycles. The molecule has 0 atom stereocenters. The Morgan fingerprint density at radius 1 is 1.45 bits per heavy atom. The van der Waals surface area contributed by atoms with Gasteiger partial charge in [0.25, 0.3) is 0 Å². The van der Waals surface area contributed by atoms with Crippen LogP contribution in [0.5, 0.6) is 5.75 Å². The summed E-state index contributed by atoms with van der Waals surface area (Å²) in [7, 11) is 1.59. The highest BCUT2D eigenvalue weighted by Crippen LogP contribution is 2.32. The number of carboxylic acid groups (broad SMARTS) is 1. The van der Waals surface area contributed by atoms with Gasteiger partial charge in [0.2, 0.25) is 5.76 Å². The molecular formula is C14H15NO4S. The second-order valence-electron chi connectivity index (χ2n) is 4.22. The van der Waals surface area contributed by atoms with E-state index in [0.29, 0.717) is 22.8 Å². The Hall–Kier alpha value is -2.08. The van der Waals surface area contributed by atoms with Crippen molar-refractivity contribution in [1.29, 1.82) is 0 Å². The van der Waals surface area contributed by atoms with Crippen molar-refractivity contribution in [3.8, 4) is 5.75 Å². The summed E-state index contributed by atoms with van der Waals surface area (Å²) < 4.78 is 10.4. The highest BCUT2D eigenvalue weighted by molar-refractivity contribution is 7.98. The lowest BCUT2D eigenvalue weighted by atomic mass is 10.3. The van der Waals surface area contributed by atoms with Crippen LogP contribution in [0.1, 0.15) is 21.9 Å². The molecule has 6 heteroatoms. The van der Waals surface area contributed by atoms with E-state index in [1.807, 2.05) is 6.07 Å². The number of thioether (sulfide) groups is 1. The molecule has 0 radical (unpaired) electrons. The fraction of sp³-hybridized carbons (Fsp3) is 0.214. The molecule has 0 aliphatic carbocycles. The number of hydrogen-bond donors (Lipinski definition) is 2. The zero-order valence-electron chi connectivity index (χ0n) is 11.2. The normalized spacial score (nSPS) is 10.5. The van der Waals surface area contributed by atoms with Gasteiger partial charge in [-0.2, -0.15) is 0 Å². The lowest BCUT2D eigenvalue weighted by Crippen LogP contribution is -1.95. The maximum atomic E-state index is 10.9. The largest absolute Gasteiger partial charge is 0.497 e. The minimum atomic E-state index is -1.06. The summed E-state index contributed by atoms with van der Waals surface area (Å²) >= 11 is 1.47. The monoisotopic (exact) mass is 293 g/mol. The fourth-order valence-corrected chi connectivity index (χ4v) is 2.62. The number of nitrogens with two attached hydrogens (primary N) is 1. The van der Waals surface area contributed by atoms with Crippen molar-refractivity contribution >= 4 is 23.4 Å². The van der Waals surface area contributed by atoms with Crippen molar-refractivity contribution in [1.82, 2.24) is 0 Å².